The molecule has 23 heavy (non-hydrogen) atoms. The van der Waals surface area contributed by atoms with Crippen molar-refractivity contribution in [2.24, 2.45) is 0 Å². The van der Waals surface area contributed by atoms with Gasteiger partial charge in [0.05, 0.1) is 6.61 Å². The van der Waals surface area contributed by atoms with Gasteiger partial charge in [0.25, 0.3) is 0 Å². The second-order valence-electron chi connectivity index (χ2n) is 5.44. The Balaban J connectivity index is 2.15. The number of unbranched alkanes of at least 4 members (excludes halogenated alkanes) is 1. The van der Waals surface area contributed by atoms with E-state index in [-0.39, 0.29) is 0 Å². The van der Waals surface area contributed by atoms with Crippen LogP contribution in [0.3, 0.4) is 0 Å². The highest BCUT2D eigenvalue weighted by Crippen LogP contribution is 2.49. The van der Waals surface area contributed by atoms with Crippen molar-refractivity contribution in [2.45, 2.75) is 33.6 Å². The van der Waals surface area contributed by atoms with Crippen molar-refractivity contribution in [3.8, 4) is 11.5 Å². The highest BCUT2D eigenvalue weighted by atomic mass is 31.2. The first-order chi connectivity index (χ1) is 11.0. The van der Waals surface area contributed by atoms with E-state index in [0.717, 1.165) is 24.0 Å². The molecule has 2 aromatic carbocycles. The summed E-state index contributed by atoms with van der Waals surface area (Å²) in [5.74, 6) is 0.921. The average Bonchev–Trinajstić information content (AvgIpc) is 2.52. The predicted octanol–water partition coefficient (Wildman–Crippen LogP) is 5.69. The molecule has 124 valence electrons. The van der Waals surface area contributed by atoms with Gasteiger partial charge in [-0.2, -0.15) is 0 Å². The van der Waals surface area contributed by atoms with Crippen molar-refractivity contribution in [3.05, 3.63) is 59.7 Å². The molecular weight excluding hydrogens is 311 g/mol. The van der Waals surface area contributed by atoms with Crippen LogP contribution in [0, 0.1) is 13.8 Å². The summed E-state index contributed by atoms with van der Waals surface area (Å²) in [7, 11) is -3.72. The van der Waals surface area contributed by atoms with Crippen LogP contribution in [-0.2, 0) is 9.09 Å². The van der Waals surface area contributed by atoms with Gasteiger partial charge in [0, 0.05) is 0 Å². The molecule has 0 aliphatic rings. The van der Waals surface area contributed by atoms with Crippen LogP contribution in [0.15, 0.2) is 48.5 Å². The second kappa shape index (κ2) is 8.19. The molecule has 0 spiro atoms. The van der Waals surface area contributed by atoms with Crippen LogP contribution in [0.25, 0.3) is 0 Å². The Hall–Kier alpha value is -1.77. The summed E-state index contributed by atoms with van der Waals surface area (Å²) >= 11 is 0. The first kappa shape index (κ1) is 17.6. The van der Waals surface area contributed by atoms with Gasteiger partial charge in [-0.05, 0) is 44.5 Å². The monoisotopic (exact) mass is 334 g/mol. The molecule has 0 bridgehead atoms. The topological polar surface area (TPSA) is 44.8 Å². The van der Waals surface area contributed by atoms with Gasteiger partial charge < -0.3 is 9.05 Å². The highest BCUT2D eigenvalue weighted by molar-refractivity contribution is 7.49. The maximum Gasteiger partial charge on any atom is 0.587 e. The molecular formula is C18H23O4P. The summed E-state index contributed by atoms with van der Waals surface area (Å²) in [6.45, 7) is 6.31. The Bertz CT molecular complexity index is 598. The minimum absolute atomic E-state index is 0.325. The number of rotatable bonds is 8. The largest absolute Gasteiger partial charge is 0.587 e. The van der Waals surface area contributed by atoms with Gasteiger partial charge in [-0.1, -0.05) is 48.7 Å². The average molecular weight is 334 g/mol. The van der Waals surface area contributed by atoms with Crippen LogP contribution >= 0.6 is 7.82 Å². The van der Waals surface area contributed by atoms with Gasteiger partial charge in [-0.3, -0.25) is 4.52 Å². The molecule has 2 rings (SSSR count). The minimum atomic E-state index is -3.72. The highest BCUT2D eigenvalue weighted by Gasteiger charge is 2.30. The van der Waals surface area contributed by atoms with Gasteiger partial charge in [-0.15, -0.1) is 0 Å². The third-order valence-corrected chi connectivity index (χ3v) is 4.59. The SMILES string of the molecule is CCCCOP(=O)(Oc1ccc(C)cc1)Oc1ccc(C)cc1. The lowest BCUT2D eigenvalue weighted by Crippen LogP contribution is -2.06. The van der Waals surface area contributed by atoms with E-state index < -0.39 is 7.82 Å². The van der Waals surface area contributed by atoms with Crippen LogP contribution in [0.5, 0.6) is 11.5 Å². The van der Waals surface area contributed by atoms with Crippen LogP contribution in [0.2, 0.25) is 0 Å². The fourth-order valence-electron chi connectivity index (χ4n) is 1.85. The molecule has 0 radical (unpaired) electrons. The second-order valence-corrected chi connectivity index (χ2v) is 6.96. The van der Waals surface area contributed by atoms with E-state index in [1.165, 1.54) is 0 Å². The minimum Gasteiger partial charge on any atom is -0.395 e. The fourth-order valence-corrected chi connectivity index (χ4v) is 3.10. The molecule has 0 amide bonds. The van der Waals surface area contributed by atoms with E-state index in [2.05, 4.69) is 0 Å². The Kier molecular flexibility index (Phi) is 6.26. The maximum atomic E-state index is 12.9. The van der Waals surface area contributed by atoms with E-state index >= 15 is 0 Å². The quantitative estimate of drug-likeness (QED) is 0.460. The standard InChI is InChI=1S/C18H23O4P/c1-4-5-14-20-23(19,21-17-10-6-15(2)7-11-17)22-18-12-8-16(3)9-13-18/h6-13H,4-5,14H2,1-3H3. The van der Waals surface area contributed by atoms with Crippen molar-refractivity contribution in [1.29, 1.82) is 0 Å². The van der Waals surface area contributed by atoms with Crippen molar-refractivity contribution in [1.82, 2.24) is 0 Å². The maximum absolute atomic E-state index is 12.9. The Morgan fingerprint density at radius 1 is 0.826 bits per heavy atom. The van der Waals surface area contributed by atoms with E-state index in [4.69, 9.17) is 13.6 Å². The fraction of sp³-hybridized carbons (Fsp3) is 0.333. The molecule has 0 saturated carbocycles. The van der Waals surface area contributed by atoms with Gasteiger partial charge in [0.1, 0.15) is 11.5 Å². The van der Waals surface area contributed by atoms with Crippen LogP contribution < -0.4 is 9.05 Å². The van der Waals surface area contributed by atoms with Crippen LogP contribution in [0.4, 0.5) is 0 Å². The molecule has 0 aliphatic heterocycles. The Morgan fingerprint density at radius 3 is 1.65 bits per heavy atom. The van der Waals surface area contributed by atoms with Gasteiger partial charge in [-0.25, -0.2) is 4.57 Å². The lowest BCUT2D eigenvalue weighted by atomic mass is 10.2. The zero-order valence-electron chi connectivity index (χ0n) is 13.8. The molecule has 0 unspecified atom stereocenters. The third kappa shape index (κ3) is 5.74. The predicted molar refractivity (Wildman–Crippen MR) is 92.1 cm³/mol. The van der Waals surface area contributed by atoms with Gasteiger partial charge in [0.2, 0.25) is 0 Å². The number of phosphoric ester groups is 1. The molecule has 0 saturated heterocycles. The molecule has 2 aromatic rings. The summed E-state index contributed by atoms with van der Waals surface area (Å²) in [5, 5.41) is 0. The molecule has 0 aliphatic carbocycles. The van der Waals surface area contributed by atoms with E-state index in [1.807, 2.05) is 45.0 Å². The molecule has 5 heteroatoms. The first-order valence-corrected chi connectivity index (χ1v) is 9.24. The first-order valence-electron chi connectivity index (χ1n) is 7.78. The summed E-state index contributed by atoms with van der Waals surface area (Å²) in [6.07, 6.45) is 1.73. The summed E-state index contributed by atoms with van der Waals surface area (Å²) < 4.78 is 29.5. The molecule has 4 nitrogen and oxygen atoms in total. The zero-order valence-corrected chi connectivity index (χ0v) is 14.7. The number of phosphoric acid groups is 1. The van der Waals surface area contributed by atoms with E-state index in [1.54, 1.807) is 24.3 Å². The number of hydrogen-bond acceptors (Lipinski definition) is 4. The van der Waals surface area contributed by atoms with Crippen LogP contribution in [0.1, 0.15) is 30.9 Å². The Morgan fingerprint density at radius 2 is 1.26 bits per heavy atom. The third-order valence-electron chi connectivity index (χ3n) is 3.22. The van der Waals surface area contributed by atoms with Gasteiger partial charge in [0.15, 0.2) is 0 Å². The van der Waals surface area contributed by atoms with Crippen molar-refractivity contribution < 1.29 is 18.1 Å². The zero-order chi connectivity index (χ0) is 16.7. The van der Waals surface area contributed by atoms with Crippen molar-refractivity contribution >= 4 is 7.82 Å². The van der Waals surface area contributed by atoms with Crippen molar-refractivity contribution in [3.63, 3.8) is 0 Å². The smallest absolute Gasteiger partial charge is 0.395 e. The van der Waals surface area contributed by atoms with Crippen LogP contribution in [-0.4, -0.2) is 6.61 Å². The van der Waals surface area contributed by atoms with Gasteiger partial charge >= 0.3 is 7.82 Å². The number of benzene rings is 2. The summed E-state index contributed by atoms with van der Waals surface area (Å²) in [4.78, 5) is 0. The molecule has 0 atom stereocenters. The Labute approximate surface area is 138 Å². The summed E-state index contributed by atoms with van der Waals surface area (Å²) in [5.41, 5.74) is 2.19. The number of aryl methyl sites for hydroxylation is 2. The molecule has 0 aromatic heterocycles. The lowest BCUT2D eigenvalue weighted by molar-refractivity contribution is 0.207. The molecule has 0 heterocycles. The molecule has 0 N–H and O–H groups in total. The number of hydrogen-bond donors (Lipinski definition) is 0. The lowest BCUT2D eigenvalue weighted by Gasteiger charge is -2.19. The van der Waals surface area contributed by atoms with Crippen molar-refractivity contribution in [2.75, 3.05) is 6.61 Å². The molecule has 0 fully saturated rings. The van der Waals surface area contributed by atoms with E-state index in [0.29, 0.717) is 18.1 Å². The summed E-state index contributed by atoms with van der Waals surface area (Å²) in [6, 6.07) is 14.6. The van der Waals surface area contributed by atoms with E-state index in [9.17, 15) is 4.57 Å². The normalized spacial score (nSPS) is 11.3.